The standard InChI is InChI=1S/C18H24ClFO/c1-3-4-5-6-13-7-9-14(10-8-13)15-11-12-16(21-2)17(19)18(15)20/h9,11-13H,3-8,10H2,1-2H3. The van der Waals surface area contributed by atoms with Gasteiger partial charge in [0.2, 0.25) is 0 Å². The van der Waals surface area contributed by atoms with Crippen molar-refractivity contribution in [3.63, 3.8) is 0 Å². The minimum Gasteiger partial charge on any atom is -0.495 e. The summed E-state index contributed by atoms with van der Waals surface area (Å²) in [5.41, 5.74) is 1.72. The summed E-state index contributed by atoms with van der Waals surface area (Å²) in [6.07, 6.45) is 10.5. The van der Waals surface area contributed by atoms with E-state index in [1.54, 1.807) is 12.1 Å². The van der Waals surface area contributed by atoms with Gasteiger partial charge in [0.15, 0.2) is 5.82 Å². The van der Waals surface area contributed by atoms with Gasteiger partial charge in [-0.25, -0.2) is 4.39 Å². The van der Waals surface area contributed by atoms with Crippen molar-refractivity contribution in [3.8, 4) is 5.75 Å². The Kier molecular flexibility index (Phi) is 6.10. The van der Waals surface area contributed by atoms with Gasteiger partial charge in [0.1, 0.15) is 10.8 Å². The zero-order valence-electron chi connectivity index (χ0n) is 12.9. The molecule has 1 atom stereocenters. The van der Waals surface area contributed by atoms with Crippen LogP contribution in [0.2, 0.25) is 5.02 Å². The van der Waals surface area contributed by atoms with Crippen molar-refractivity contribution in [3.05, 3.63) is 34.6 Å². The molecule has 0 fully saturated rings. The van der Waals surface area contributed by atoms with Gasteiger partial charge in [0.25, 0.3) is 0 Å². The predicted molar refractivity (Wildman–Crippen MR) is 87.4 cm³/mol. The van der Waals surface area contributed by atoms with Gasteiger partial charge in [-0.1, -0.05) is 50.3 Å². The van der Waals surface area contributed by atoms with Crippen LogP contribution < -0.4 is 4.74 Å². The Labute approximate surface area is 132 Å². The summed E-state index contributed by atoms with van der Waals surface area (Å²) in [5, 5.41) is 0.0842. The number of rotatable bonds is 6. The van der Waals surface area contributed by atoms with Crippen LogP contribution in [0.15, 0.2) is 18.2 Å². The van der Waals surface area contributed by atoms with Gasteiger partial charge < -0.3 is 4.74 Å². The highest BCUT2D eigenvalue weighted by atomic mass is 35.5. The minimum absolute atomic E-state index is 0.0842. The van der Waals surface area contributed by atoms with E-state index in [9.17, 15) is 4.39 Å². The summed E-state index contributed by atoms with van der Waals surface area (Å²) in [7, 11) is 1.50. The second-order valence-corrected chi connectivity index (χ2v) is 6.19. The molecule has 0 heterocycles. The number of halogens is 2. The third-order valence-corrected chi connectivity index (χ3v) is 4.70. The van der Waals surface area contributed by atoms with E-state index in [1.165, 1.54) is 32.8 Å². The van der Waals surface area contributed by atoms with Gasteiger partial charge in [0, 0.05) is 5.56 Å². The van der Waals surface area contributed by atoms with Crippen LogP contribution >= 0.6 is 11.6 Å². The van der Waals surface area contributed by atoms with Crippen LogP contribution in [0.3, 0.4) is 0 Å². The highest BCUT2D eigenvalue weighted by molar-refractivity contribution is 6.32. The number of ether oxygens (including phenoxy) is 1. The molecule has 3 heteroatoms. The van der Waals surface area contributed by atoms with E-state index in [2.05, 4.69) is 13.0 Å². The molecule has 1 aliphatic rings. The van der Waals surface area contributed by atoms with Gasteiger partial charge in [-0.3, -0.25) is 0 Å². The quantitative estimate of drug-likeness (QED) is 0.564. The van der Waals surface area contributed by atoms with Gasteiger partial charge >= 0.3 is 0 Å². The third kappa shape index (κ3) is 4.00. The Morgan fingerprint density at radius 3 is 2.76 bits per heavy atom. The summed E-state index contributed by atoms with van der Waals surface area (Å²) in [4.78, 5) is 0. The molecule has 2 rings (SSSR count). The van der Waals surface area contributed by atoms with Crippen LogP contribution in [0.5, 0.6) is 5.75 Å². The first kappa shape index (κ1) is 16.4. The summed E-state index contributed by atoms with van der Waals surface area (Å²) in [6.45, 7) is 2.23. The Morgan fingerprint density at radius 2 is 2.14 bits per heavy atom. The Balaban J connectivity index is 2.05. The molecule has 1 aromatic carbocycles. The summed E-state index contributed by atoms with van der Waals surface area (Å²) >= 11 is 6.00. The molecular formula is C18H24ClFO. The van der Waals surface area contributed by atoms with E-state index < -0.39 is 0 Å². The van der Waals surface area contributed by atoms with Crippen LogP contribution in [-0.4, -0.2) is 7.11 Å². The van der Waals surface area contributed by atoms with E-state index >= 15 is 0 Å². The van der Waals surface area contributed by atoms with Crippen LogP contribution in [0.1, 0.15) is 57.4 Å². The van der Waals surface area contributed by atoms with Crippen LogP contribution in [0, 0.1) is 11.7 Å². The number of hydrogen-bond donors (Lipinski definition) is 0. The molecule has 116 valence electrons. The Hall–Kier alpha value is -1.02. The van der Waals surface area contributed by atoms with E-state index in [0.717, 1.165) is 30.8 Å². The predicted octanol–water partition coefficient (Wildman–Crippen LogP) is 6.25. The van der Waals surface area contributed by atoms with Crippen molar-refractivity contribution in [2.75, 3.05) is 7.11 Å². The Bertz CT molecular complexity index is 510. The van der Waals surface area contributed by atoms with Crippen molar-refractivity contribution < 1.29 is 9.13 Å². The SMILES string of the molecule is CCCCCC1CC=C(c2ccc(OC)c(Cl)c2F)CC1. The molecule has 0 spiro atoms. The summed E-state index contributed by atoms with van der Waals surface area (Å²) in [6, 6.07) is 3.53. The van der Waals surface area contributed by atoms with Gasteiger partial charge in [-0.15, -0.1) is 0 Å². The maximum atomic E-state index is 14.3. The largest absolute Gasteiger partial charge is 0.495 e. The van der Waals surface area contributed by atoms with Crippen molar-refractivity contribution in [2.45, 2.75) is 51.9 Å². The molecule has 0 radical (unpaired) electrons. The van der Waals surface area contributed by atoms with Gasteiger partial charge in [-0.05, 0) is 42.9 Å². The lowest BCUT2D eigenvalue weighted by Gasteiger charge is -2.22. The maximum absolute atomic E-state index is 14.3. The average molecular weight is 311 g/mol. The first-order valence-electron chi connectivity index (χ1n) is 7.88. The fourth-order valence-electron chi connectivity index (χ4n) is 3.02. The van der Waals surface area contributed by atoms with Crippen LogP contribution in [0.4, 0.5) is 4.39 Å². The lowest BCUT2D eigenvalue weighted by Crippen LogP contribution is -2.06. The number of benzene rings is 1. The number of hydrogen-bond acceptors (Lipinski definition) is 1. The zero-order valence-corrected chi connectivity index (χ0v) is 13.7. The molecule has 0 aliphatic heterocycles. The van der Waals surface area contributed by atoms with Crippen molar-refractivity contribution in [1.82, 2.24) is 0 Å². The van der Waals surface area contributed by atoms with E-state index in [1.807, 2.05) is 0 Å². The molecule has 0 saturated carbocycles. The zero-order chi connectivity index (χ0) is 15.2. The highest BCUT2D eigenvalue weighted by Crippen LogP contribution is 2.37. The smallest absolute Gasteiger partial charge is 0.153 e. The molecule has 21 heavy (non-hydrogen) atoms. The number of unbranched alkanes of at least 4 members (excludes halogenated alkanes) is 2. The first-order valence-corrected chi connectivity index (χ1v) is 8.26. The third-order valence-electron chi connectivity index (χ3n) is 4.35. The molecule has 1 nitrogen and oxygen atoms in total. The van der Waals surface area contributed by atoms with E-state index in [4.69, 9.17) is 16.3 Å². The molecule has 0 aromatic heterocycles. The van der Waals surface area contributed by atoms with Crippen molar-refractivity contribution in [1.29, 1.82) is 0 Å². The molecule has 1 unspecified atom stereocenters. The van der Waals surface area contributed by atoms with E-state index in [0.29, 0.717) is 11.3 Å². The summed E-state index contributed by atoms with van der Waals surface area (Å²) < 4.78 is 19.4. The molecule has 0 N–H and O–H groups in total. The lowest BCUT2D eigenvalue weighted by atomic mass is 9.84. The normalized spacial score (nSPS) is 18.5. The lowest BCUT2D eigenvalue weighted by molar-refractivity contribution is 0.411. The second-order valence-electron chi connectivity index (χ2n) is 5.81. The highest BCUT2D eigenvalue weighted by Gasteiger charge is 2.19. The van der Waals surface area contributed by atoms with Gasteiger partial charge in [0.05, 0.1) is 7.11 Å². The first-order chi connectivity index (χ1) is 10.2. The summed E-state index contributed by atoms with van der Waals surface area (Å²) in [5.74, 6) is 0.801. The van der Waals surface area contributed by atoms with Crippen molar-refractivity contribution in [2.24, 2.45) is 5.92 Å². The molecule has 0 saturated heterocycles. The van der Waals surface area contributed by atoms with Gasteiger partial charge in [-0.2, -0.15) is 0 Å². The number of allylic oxidation sites excluding steroid dienone is 2. The monoisotopic (exact) mass is 310 g/mol. The fourth-order valence-corrected chi connectivity index (χ4v) is 3.26. The molecule has 0 amide bonds. The minimum atomic E-state index is -0.355. The van der Waals surface area contributed by atoms with Crippen molar-refractivity contribution >= 4 is 17.2 Å². The molecule has 1 aliphatic carbocycles. The molecular weight excluding hydrogens is 287 g/mol. The average Bonchev–Trinajstić information content (AvgIpc) is 2.51. The Morgan fingerprint density at radius 1 is 1.33 bits per heavy atom. The van der Waals surface area contributed by atoms with Crippen LogP contribution in [-0.2, 0) is 0 Å². The fraction of sp³-hybridized carbons (Fsp3) is 0.556. The van der Waals surface area contributed by atoms with E-state index in [-0.39, 0.29) is 10.8 Å². The topological polar surface area (TPSA) is 9.23 Å². The molecule has 0 bridgehead atoms. The maximum Gasteiger partial charge on any atom is 0.153 e. The van der Waals surface area contributed by atoms with Crippen LogP contribution in [0.25, 0.3) is 5.57 Å². The molecule has 1 aromatic rings. The second kappa shape index (κ2) is 7.84. The number of methoxy groups -OCH3 is 1.